The quantitative estimate of drug-likeness (QED) is 0.857. The van der Waals surface area contributed by atoms with Crippen LogP contribution in [0.4, 0.5) is 5.82 Å². The van der Waals surface area contributed by atoms with Crippen LogP contribution < -0.4 is 14.8 Å². The molecule has 2 aromatic rings. The first kappa shape index (κ1) is 14.9. The first-order valence-corrected chi connectivity index (χ1v) is 6.75. The van der Waals surface area contributed by atoms with Crippen LogP contribution in [0.5, 0.6) is 11.5 Å². The average molecular weight is 289 g/mol. The second-order valence-electron chi connectivity index (χ2n) is 4.55. The number of nitrogens with zero attached hydrogens (tertiary/aromatic N) is 1. The van der Waals surface area contributed by atoms with Gasteiger partial charge in [0.1, 0.15) is 11.5 Å². The molecular formula is C15H19N3O3. The van der Waals surface area contributed by atoms with Gasteiger partial charge in [0.15, 0.2) is 5.82 Å². The highest BCUT2D eigenvalue weighted by molar-refractivity contribution is 6.05. The maximum absolute atomic E-state index is 12.3. The highest BCUT2D eigenvalue weighted by atomic mass is 16.5. The fourth-order valence-electron chi connectivity index (χ4n) is 1.99. The van der Waals surface area contributed by atoms with Crippen molar-refractivity contribution in [2.75, 3.05) is 19.5 Å². The Kier molecular flexibility index (Phi) is 4.81. The molecule has 0 atom stereocenters. The molecule has 0 aliphatic heterocycles. The van der Waals surface area contributed by atoms with Crippen molar-refractivity contribution in [1.82, 2.24) is 10.2 Å². The van der Waals surface area contributed by atoms with Gasteiger partial charge in [-0.25, -0.2) is 0 Å². The first-order valence-electron chi connectivity index (χ1n) is 6.75. The Labute approximate surface area is 123 Å². The highest BCUT2D eigenvalue weighted by Crippen LogP contribution is 2.25. The normalized spacial score (nSPS) is 10.2. The fraction of sp³-hybridized carbons (Fsp3) is 0.333. The molecule has 2 N–H and O–H groups in total. The summed E-state index contributed by atoms with van der Waals surface area (Å²) in [4.78, 5) is 12.3. The van der Waals surface area contributed by atoms with E-state index < -0.39 is 0 Å². The Morgan fingerprint density at radius 1 is 1.29 bits per heavy atom. The van der Waals surface area contributed by atoms with E-state index in [4.69, 9.17) is 9.47 Å². The van der Waals surface area contributed by atoms with E-state index in [1.54, 1.807) is 25.3 Å². The summed E-state index contributed by atoms with van der Waals surface area (Å²) in [6.07, 6.45) is 1.91. The summed E-state index contributed by atoms with van der Waals surface area (Å²) in [7, 11) is 3.08. The number of aromatic nitrogens is 2. The van der Waals surface area contributed by atoms with E-state index in [1.165, 1.54) is 7.11 Å². The first-order chi connectivity index (χ1) is 10.2. The van der Waals surface area contributed by atoms with E-state index >= 15 is 0 Å². The second kappa shape index (κ2) is 6.78. The number of benzene rings is 1. The van der Waals surface area contributed by atoms with Gasteiger partial charge in [-0.1, -0.05) is 13.3 Å². The third kappa shape index (κ3) is 3.53. The lowest BCUT2D eigenvalue weighted by Gasteiger charge is -2.09. The number of nitrogens with one attached hydrogen (secondary N) is 2. The molecule has 0 radical (unpaired) electrons. The van der Waals surface area contributed by atoms with Crippen molar-refractivity contribution < 1.29 is 14.3 Å². The number of methoxy groups -OCH3 is 2. The minimum absolute atomic E-state index is 0.274. The van der Waals surface area contributed by atoms with Crippen LogP contribution in [0.2, 0.25) is 0 Å². The molecule has 1 amide bonds. The SMILES string of the molecule is CCCc1cc(NC(=O)c2ccc(OC)cc2OC)n[nH]1. The zero-order chi connectivity index (χ0) is 15.2. The number of hydrogen-bond acceptors (Lipinski definition) is 4. The lowest BCUT2D eigenvalue weighted by molar-refractivity contribution is 0.102. The maximum atomic E-state index is 12.3. The fourth-order valence-corrected chi connectivity index (χ4v) is 1.99. The Morgan fingerprint density at radius 2 is 2.10 bits per heavy atom. The van der Waals surface area contributed by atoms with Gasteiger partial charge in [-0.05, 0) is 18.6 Å². The van der Waals surface area contributed by atoms with Crippen molar-refractivity contribution in [3.63, 3.8) is 0 Å². The third-order valence-electron chi connectivity index (χ3n) is 3.05. The van der Waals surface area contributed by atoms with Gasteiger partial charge in [0.25, 0.3) is 5.91 Å². The summed E-state index contributed by atoms with van der Waals surface area (Å²) in [6, 6.07) is 6.87. The Bertz CT molecular complexity index is 622. The molecule has 1 aromatic carbocycles. The van der Waals surface area contributed by atoms with Crippen LogP contribution in [0.3, 0.4) is 0 Å². The molecule has 6 heteroatoms. The summed E-state index contributed by atoms with van der Waals surface area (Å²) in [5.74, 6) is 1.31. The predicted molar refractivity (Wildman–Crippen MR) is 80.1 cm³/mol. The van der Waals surface area contributed by atoms with Gasteiger partial charge in [0.2, 0.25) is 0 Å². The zero-order valence-electron chi connectivity index (χ0n) is 12.4. The van der Waals surface area contributed by atoms with Crippen molar-refractivity contribution in [3.8, 4) is 11.5 Å². The minimum Gasteiger partial charge on any atom is -0.497 e. The van der Waals surface area contributed by atoms with E-state index in [9.17, 15) is 4.79 Å². The number of anilines is 1. The molecule has 0 aliphatic rings. The number of aryl methyl sites for hydroxylation is 1. The maximum Gasteiger partial charge on any atom is 0.260 e. The highest BCUT2D eigenvalue weighted by Gasteiger charge is 2.14. The predicted octanol–water partition coefficient (Wildman–Crippen LogP) is 2.63. The summed E-state index contributed by atoms with van der Waals surface area (Å²) < 4.78 is 10.3. The number of hydrogen-bond donors (Lipinski definition) is 2. The molecule has 6 nitrogen and oxygen atoms in total. The minimum atomic E-state index is -0.274. The largest absolute Gasteiger partial charge is 0.497 e. The van der Waals surface area contributed by atoms with Gasteiger partial charge < -0.3 is 14.8 Å². The number of H-pyrrole nitrogens is 1. The van der Waals surface area contributed by atoms with Gasteiger partial charge in [0, 0.05) is 17.8 Å². The smallest absolute Gasteiger partial charge is 0.260 e. The van der Waals surface area contributed by atoms with E-state index in [-0.39, 0.29) is 5.91 Å². The molecule has 1 heterocycles. The summed E-state index contributed by atoms with van der Waals surface area (Å²) in [6.45, 7) is 2.08. The number of carbonyl (C=O) groups excluding carboxylic acids is 1. The summed E-state index contributed by atoms with van der Waals surface area (Å²) >= 11 is 0. The number of amides is 1. The summed E-state index contributed by atoms with van der Waals surface area (Å²) in [5, 5.41) is 9.71. The zero-order valence-corrected chi connectivity index (χ0v) is 12.4. The van der Waals surface area contributed by atoms with Gasteiger partial charge >= 0.3 is 0 Å². The van der Waals surface area contributed by atoms with Gasteiger partial charge in [-0.15, -0.1) is 0 Å². The molecule has 0 fully saturated rings. The van der Waals surface area contributed by atoms with Crippen LogP contribution >= 0.6 is 0 Å². The van der Waals surface area contributed by atoms with Crippen molar-refractivity contribution in [2.24, 2.45) is 0 Å². The molecule has 0 saturated heterocycles. The Balaban J connectivity index is 2.15. The standard InChI is InChI=1S/C15H19N3O3/c1-4-5-10-8-14(18-17-10)16-15(19)12-7-6-11(20-2)9-13(12)21-3/h6-9H,4-5H2,1-3H3,(H2,16,17,18,19). The molecule has 1 aromatic heterocycles. The number of carbonyl (C=O) groups is 1. The van der Waals surface area contributed by atoms with Crippen molar-refractivity contribution >= 4 is 11.7 Å². The van der Waals surface area contributed by atoms with Crippen molar-refractivity contribution in [1.29, 1.82) is 0 Å². The lowest BCUT2D eigenvalue weighted by atomic mass is 10.1. The van der Waals surface area contributed by atoms with Gasteiger partial charge in [-0.2, -0.15) is 5.10 Å². The average Bonchev–Trinajstić information content (AvgIpc) is 2.94. The molecule has 0 spiro atoms. The Morgan fingerprint density at radius 3 is 2.76 bits per heavy atom. The molecule has 112 valence electrons. The second-order valence-corrected chi connectivity index (χ2v) is 4.55. The number of aromatic amines is 1. The van der Waals surface area contributed by atoms with E-state index in [0.717, 1.165) is 18.5 Å². The lowest BCUT2D eigenvalue weighted by Crippen LogP contribution is -2.13. The van der Waals surface area contributed by atoms with E-state index in [1.807, 2.05) is 6.07 Å². The molecule has 0 saturated carbocycles. The number of rotatable bonds is 6. The molecule has 0 bridgehead atoms. The van der Waals surface area contributed by atoms with E-state index in [0.29, 0.717) is 22.9 Å². The topological polar surface area (TPSA) is 76.2 Å². The van der Waals surface area contributed by atoms with Gasteiger partial charge in [-0.3, -0.25) is 9.89 Å². The molecule has 0 unspecified atom stereocenters. The third-order valence-corrected chi connectivity index (χ3v) is 3.05. The molecule has 0 aliphatic carbocycles. The monoisotopic (exact) mass is 289 g/mol. The van der Waals surface area contributed by atoms with Crippen molar-refractivity contribution in [3.05, 3.63) is 35.5 Å². The number of ether oxygens (including phenoxy) is 2. The van der Waals surface area contributed by atoms with Crippen LogP contribution in [-0.4, -0.2) is 30.3 Å². The molecule has 21 heavy (non-hydrogen) atoms. The molecule has 2 rings (SSSR count). The van der Waals surface area contributed by atoms with Gasteiger partial charge in [0.05, 0.1) is 19.8 Å². The van der Waals surface area contributed by atoms with Crippen LogP contribution in [0.1, 0.15) is 29.4 Å². The van der Waals surface area contributed by atoms with Crippen LogP contribution in [0.15, 0.2) is 24.3 Å². The summed E-state index contributed by atoms with van der Waals surface area (Å²) in [5.41, 5.74) is 1.42. The molecular weight excluding hydrogens is 270 g/mol. The van der Waals surface area contributed by atoms with E-state index in [2.05, 4.69) is 22.4 Å². The van der Waals surface area contributed by atoms with Crippen LogP contribution in [0, 0.1) is 0 Å². The van der Waals surface area contributed by atoms with Crippen LogP contribution in [-0.2, 0) is 6.42 Å². The Hall–Kier alpha value is -2.50. The van der Waals surface area contributed by atoms with Crippen molar-refractivity contribution in [2.45, 2.75) is 19.8 Å². The van der Waals surface area contributed by atoms with Crippen LogP contribution in [0.25, 0.3) is 0 Å².